The third kappa shape index (κ3) is 1.97. The molecule has 3 fully saturated rings. The lowest BCUT2D eigenvalue weighted by molar-refractivity contribution is -0.0959. The Morgan fingerprint density at radius 1 is 1.17 bits per heavy atom. The highest BCUT2D eigenvalue weighted by Crippen LogP contribution is 2.51. The van der Waals surface area contributed by atoms with E-state index in [1.165, 1.54) is 64.5 Å². The van der Waals surface area contributed by atoms with Crippen molar-refractivity contribution in [2.24, 2.45) is 10.8 Å². The smallest absolute Gasteiger partial charge is 0.0627 e. The Kier molecular flexibility index (Phi) is 3.14. The lowest BCUT2D eigenvalue weighted by Crippen LogP contribution is -2.63. The molecule has 3 aliphatic rings. The third-order valence-corrected chi connectivity index (χ3v) is 6.23. The monoisotopic (exact) mass is 246 g/mol. The summed E-state index contributed by atoms with van der Waals surface area (Å²) >= 11 is 0. The molecule has 1 heterocycles. The minimum absolute atomic E-state index is 0.365. The van der Waals surface area contributed by atoms with E-state index in [0.29, 0.717) is 5.41 Å². The molecule has 2 nitrogen and oxygen atoms in total. The number of rotatable bonds is 3. The zero-order chi connectivity index (χ0) is 12.6. The summed E-state index contributed by atoms with van der Waals surface area (Å²) in [5.74, 6) is 0. The number of nitrogens with zero attached hydrogens (tertiary/aromatic N) is 2. The first kappa shape index (κ1) is 12.5. The summed E-state index contributed by atoms with van der Waals surface area (Å²) in [6.07, 6.45) is 11.7. The van der Waals surface area contributed by atoms with Gasteiger partial charge in [-0.1, -0.05) is 13.3 Å². The van der Waals surface area contributed by atoms with Gasteiger partial charge in [0.15, 0.2) is 0 Å². The maximum atomic E-state index is 8.99. The zero-order valence-electron chi connectivity index (χ0n) is 11.7. The van der Waals surface area contributed by atoms with Gasteiger partial charge in [0.05, 0.1) is 6.07 Å². The minimum Gasteiger partial charge on any atom is -0.299 e. The summed E-state index contributed by atoms with van der Waals surface area (Å²) in [6, 6.07) is 3.26. The van der Waals surface area contributed by atoms with Gasteiger partial charge in [0.25, 0.3) is 0 Å². The fourth-order valence-corrected chi connectivity index (χ4v) is 4.47. The van der Waals surface area contributed by atoms with Crippen molar-refractivity contribution in [3.63, 3.8) is 0 Å². The molecular weight excluding hydrogens is 220 g/mol. The standard InChI is InChI=1S/C16H26N2/c1-2-15(10-11-17)8-4-14(5-9-15)18-12-16(13-18)6-3-7-16/h14H,2-10,12-13H2,1H3/t14-,15-. The van der Waals surface area contributed by atoms with E-state index in [-0.39, 0.29) is 0 Å². The van der Waals surface area contributed by atoms with Gasteiger partial charge in [-0.3, -0.25) is 4.90 Å². The van der Waals surface area contributed by atoms with E-state index in [1.807, 2.05) is 0 Å². The molecular formula is C16H26N2. The molecule has 0 amide bonds. The van der Waals surface area contributed by atoms with Gasteiger partial charge in [-0.25, -0.2) is 0 Å². The Bertz CT molecular complexity index is 335. The maximum Gasteiger partial charge on any atom is 0.0627 e. The van der Waals surface area contributed by atoms with Gasteiger partial charge in [0.2, 0.25) is 0 Å². The highest BCUT2D eigenvalue weighted by molar-refractivity contribution is 5.04. The van der Waals surface area contributed by atoms with Crippen LogP contribution in [0.2, 0.25) is 0 Å². The quantitative estimate of drug-likeness (QED) is 0.758. The van der Waals surface area contributed by atoms with Crippen molar-refractivity contribution in [3.8, 4) is 6.07 Å². The lowest BCUT2D eigenvalue weighted by atomic mass is 9.62. The van der Waals surface area contributed by atoms with E-state index in [1.54, 1.807) is 0 Å². The normalized spacial score (nSPS) is 38.8. The van der Waals surface area contributed by atoms with Crippen LogP contribution in [0, 0.1) is 22.2 Å². The second kappa shape index (κ2) is 4.53. The highest BCUT2D eigenvalue weighted by Gasteiger charge is 2.49. The number of nitriles is 1. The van der Waals surface area contributed by atoms with Crippen molar-refractivity contribution < 1.29 is 0 Å². The third-order valence-electron chi connectivity index (χ3n) is 6.23. The van der Waals surface area contributed by atoms with Crippen LogP contribution in [0.5, 0.6) is 0 Å². The average Bonchev–Trinajstić information content (AvgIpc) is 2.28. The van der Waals surface area contributed by atoms with Gasteiger partial charge in [-0.2, -0.15) is 5.26 Å². The van der Waals surface area contributed by atoms with E-state index in [0.717, 1.165) is 17.9 Å². The molecule has 0 bridgehead atoms. The predicted molar refractivity (Wildman–Crippen MR) is 73.1 cm³/mol. The number of hydrogen-bond acceptors (Lipinski definition) is 2. The Morgan fingerprint density at radius 3 is 2.28 bits per heavy atom. The molecule has 1 aliphatic heterocycles. The summed E-state index contributed by atoms with van der Waals surface area (Å²) in [5, 5.41) is 8.99. The fraction of sp³-hybridized carbons (Fsp3) is 0.938. The highest BCUT2D eigenvalue weighted by atomic mass is 15.2. The average molecular weight is 246 g/mol. The molecule has 1 spiro atoms. The summed E-state index contributed by atoms with van der Waals surface area (Å²) in [5.41, 5.74) is 1.14. The molecule has 2 saturated carbocycles. The molecule has 100 valence electrons. The van der Waals surface area contributed by atoms with Crippen LogP contribution in [-0.4, -0.2) is 24.0 Å². The first-order chi connectivity index (χ1) is 8.71. The van der Waals surface area contributed by atoms with Crippen LogP contribution >= 0.6 is 0 Å². The molecule has 1 saturated heterocycles. The number of hydrogen-bond donors (Lipinski definition) is 0. The van der Waals surface area contributed by atoms with E-state index < -0.39 is 0 Å². The van der Waals surface area contributed by atoms with Crippen LogP contribution in [0.4, 0.5) is 0 Å². The summed E-state index contributed by atoms with van der Waals surface area (Å²) in [4.78, 5) is 2.74. The van der Waals surface area contributed by atoms with Gasteiger partial charge >= 0.3 is 0 Å². The molecule has 0 aromatic heterocycles. The first-order valence-electron chi connectivity index (χ1n) is 7.82. The Labute approximate surface area is 111 Å². The SMILES string of the molecule is CC[C@]1(CC#N)CC[C@H](N2CC3(CCC3)C2)CC1. The molecule has 3 rings (SSSR count). The Hall–Kier alpha value is -0.550. The first-order valence-corrected chi connectivity index (χ1v) is 7.82. The van der Waals surface area contributed by atoms with Crippen molar-refractivity contribution in [1.29, 1.82) is 5.26 Å². The second-order valence-corrected chi connectivity index (χ2v) is 7.18. The van der Waals surface area contributed by atoms with Crippen molar-refractivity contribution >= 4 is 0 Å². The molecule has 0 radical (unpaired) electrons. The van der Waals surface area contributed by atoms with Crippen LogP contribution in [0.1, 0.15) is 64.7 Å². The topological polar surface area (TPSA) is 27.0 Å². The summed E-state index contributed by atoms with van der Waals surface area (Å²) in [6.45, 7) is 5.04. The van der Waals surface area contributed by atoms with Crippen LogP contribution < -0.4 is 0 Å². The van der Waals surface area contributed by atoms with Gasteiger partial charge in [0, 0.05) is 25.6 Å². The van der Waals surface area contributed by atoms with Crippen molar-refractivity contribution in [2.45, 2.75) is 70.8 Å². The Balaban J connectivity index is 1.50. The lowest BCUT2D eigenvalue weighted by Gasteiger charge is -2.59. The summed E-state index contributed by atoms with van der Waals surface area (Å²) < 4.78 is 0. The van der Waals surface area contributed by atoms with Gasteiger partial charge in [-0.15, -0.1) is 0 Å². The van der Waals surface area contributed by atoms with Crippen molar-refractivity contribution in [1.82, 2.24) is 4.90 Å². The van der Waals surface area contributed by atoms with E-state index in [2.05, 4.69) is 17.9 Å². The molecule has 0 N–H and O–H groups in total. The van der Waals surface area contributed by atoms with Crippen molar-refractivity contribution in [2.75, 3.05) is 13.1 Å². The van der Waals surface area contributed by atoms with Crippen LogP contribution in [-0.2, 0) is 0 Å². The van der Waals surface area contributed by atoms with E-state index in [9.17, 15) is 0 Å². The molecule has 0 aromatic rings. The van der Waals surface area contributed by atoms with E-state index >= 15 is 0 Å². The van der Waals surface area contributed by atoms with Gasteiger partial charge in [-0.05, 0) is 55.8 Å². The van der Waals surface area contributed by atoms with Crippen LogP contribution in [0.15, 0.2) is 0 Å². The largest absolute Gasteiger partial charge is 0.299 e. The molecule has 0 atom stereocenters. The summed E-state index contributed by atoms with van der Waals surface area (Å²) in [7, 11) is 0. The van der Waals surface area contributed by atoms with Gasteiger partial charge < -0.3 is 0 Å². The van der Waals surface area contributed by atoms with Gasteiger partial charge in [0.1, 0.15) is 0 Å². The van der Waals surface area contributed by atoms with E-state index in [4.69, 9.17) is 5.26 Å². The molecule has 2 aliphatic carbocycles. The minimum atomic E-state index is 0.365. The molecule has 0 unspecified atom stereocenters. The molecule has 0 aromatic carbocycles. The number of likely N-dealkylation sites (tertiary alicyclic amines) is 1. The predicted octanol–water partition coefficient (Wildman–Crippen LogP) is 3.72. The van der Waals surface area contributed by atoms with Crippen LogP contribution in [0.3, 0.4) is 0 Å². The zero-order valence-corrected chi connectivity index (χ0v) is 11.7. The fourth-order valence-electron chi connectivity index (χ4n) is 4.47. The maximum absolute atomic E-state index is 8.99. The van der Waals surface area contributed by atoms with Crippen molar-refractivity contribution in [3.05, 3.63) is 0 Å². The molecule has 2 heteroatoms. The Morgan fingerprint density at radius 2 is 1.83 bits per heavy atom. The second-order valence-electron chi connectivity index (χ2n) is 7.18. The van der Waals surface area contributed by atoms with Crippen LogP contribution in [0.25, 0.3) is 0 Å². The molecule has 18 heavy (non-hydrogen) atoms.